The summed E-state index contributed by atoms with van der Waals surface area (Å²) < 4.78 is 0. The topological polar surface area (TPSA) is 72.2 Å². The van der Waals surface area contributed by atoms with Gasteiger partial charge in [0.2, 0.25) is 0 Å². The highest BCUT2D eigenvalue weighted by Gasteiger charge is 2.17. The molecule has 1 N–H and O–H groups in total. The van der Waals surface area contributed by atoms with Gasteiger partial charge in [-0.15, -0.1) is 0 Å². The fraction of sp³-hybridized carbons (Fsp3) is 0.417. The number of amides is 1. The van der Waals surface area contributed by atoms with Crippen molar-refractivity contribution in [2.45, 2.75) is 20.8 Å². The van der Waals surface area contributed by atoms with Crippen molar-refractivity contribution in [2.24, 2.45) is 5.41 Å². The van der Waals surface area contributed by atoms with Crippen molar-refractivity contribution in [1.29, 1.82) is 0 Å². The average Bonchev–Trinajstić information content (AvgIpc) is 2.25. The number of rotatable bonds is 3. The SMILES string of the molecule is CC(C)(C)CNC(=O)c1ccc(Cl)c([N+](=O)[O-])c1. The summed E-state index contributed by atoms with van der Waals surface area (Å²) in [5.74, 6) is -0.343. The molecule has 6 heteroatoms. The number of nitrogens with zero attached hydrogens (tertiary/aromatic N) is 1. The van der Waals surface area contributed by atoms with Gasteiger partial charge in [-0.05, 0) is 17.5 Å². The van der Waals surface area contributed by atoms with E-state index in [2.05, 4.69) is 5.32 Å². The molecule has 0 radical (unpaired) electrons. The summed E-state index contributed by atoms with van der Waals surface area (Å²) in [4.78, 5) is 21.9. The smallest absolute Gasteiger partial charge is 0.288 e. The third kappa shape index (κ3) is 4.00. The molecule has 0 unspecified atom stereocenters. The molecule has 0 saturated heterocycles. The van der Waals surface area contributed by atoms with Crippen molar-refractivity contribution < 1.29 is 9.72 Å². The van der Waals surface area contributed by atoms with Crippen LogP contribution in [0.25, 0.3) is 0 Å². The van der Waals surface area contributed by atoms with Gasteiger partial charge in [-0.1, -0.05) is 32.4 Å². The van der Waals surface area contributed by atoms with Crippen molar-refractivity contribution in [2.75, 3.05) is 6.54 Å². The van der Waals surface area contributed by atoms with Crippen LogP contribution in [0, 0.1) is 15.5 Å². The number of nitro benzene ring substituents is 1. The van der Waals surface area contributed by atoms with Crippen molar-refractivity contribution in [3.63, 3.8) is 0 Å². The first-order valence-electron chi connectivity index (χ1n) is 5.43. The Morgan fingerprint density at radius 2 is 2.06 bits per heavy atom. The average molecular weight is 271 g/mol. The van der Waals surface area contributed by atoms with Gasteiger partial charge < -0.3 is 5.32 Å². The summed E-state index contributed by atoms with van der Waals surface area (Å²) >= 11 is 5.67. The second-order valence-corrected chi connectivity index (χ2v) is 5.57. The molecule has 0 saturated carbocycles. The van der Waals surface area contributed by atoms with Crippen LogP contribution in [0.2, 0.25) is 5.02 Å². The molecule has 0 fully saturated rings. The zero-order valence-corrected chi connectivity index (χ0v) is 11.2. The molecule has 1 amide bonds. The van der Waals surface area contributed by atoms with Gasteiger partial charge in [0, 0.05) is 18.2 Å². The quantitative estimate of drug-likeness (QED) is 0.678. The molecule has 1 rings (SSSR count). The van der Waals surface area contributed by atoms with E-state index in [9.17, 15) is 14.9 Å². The van der Waals surface area contributed by atoms with E-state index in [1.54, 1.807) is 0 Å². The monoisotopic (exact) mass is 270 g/mol. The number of carbonyl (C=O) groups is 1. The van der Waals surface area contributed by atoms with E-state index < -0.39 is 4.92 Å². The highest BCUT2D eigenvalue weighted by Crippen LogP contribution is 2.25. The number of carbonyl (C=O) groups excluding carboxylic acids is 1. The molecule has 0 aliphatic heterocycles. The van der Waals surface area contributed by atoms with E-state index >= 15 is 0 Å². The predicted octanol–water partition coefficient (Wildman–Crippen LogP) is 3.02. The van der Waals surface area contributed by atoms with Crippen LogP contribution in [-0.4, -0.2) is 17.4 Å². The molecule has 0 atom stereocenters. The van der Waals surface area contributed by atoms with E-state index in [1.807, 2.05) is 20.8 Å². The first-order chi connectivity index (χ1) is 8.20. The first-order valence-corrected chi connectivity index (χ1v) is 5.80. The molecule has 0 aliphatic carbocycles. The second-order valence-electron chi connectivity index (χ2n) is 5.17. The zero-order chi connectivity index (χ0) is 13.9. The lowest BCUT2D eigenvalue weighted by atomic mass is 9.97. The maximum absolute atomic E-state index is 11.8. The Hall–Kier alpha value is -1.62. The number of hydrogen-bond acceptors (Lipinski definition) is 3. The van der Waals surface area contributed by atoms with Gasteiger partial charge in [0.25, 0.3) is 11.6 Å². The molecule has 1 aromatic rings. The minimum absolute atomic E-state index is 0.0207. The number of benzene rings is 1. The minimum Gasteiger partial charge on any atom is -0.352 e. The molecule has 0 aromatic heterocycles. The summed E-state index contributed by atoms with van der Waals surface area (Å²) in [7, 11) is 0. The summed E-state index contributed by atoms with van der Waals surface area (Å²) in [6.07, 6.45) is 0. The van der Waals surface area contributed by atoms with Crippen LogP contribution in [-0.2, 0) is 0 Å². The van der Waals surface area contributed by atoms with E-state index in [0.717, 1.165) is 0 Å². The highest BCUT2D eigenvalue weighted by atomic mass is 35.5. The summed E-state index contributed by atoms with van der Waals surface area (Å²) in [5, 5.41) is 13.4. The minimum atomic E-state index is -0.608. The lowest BCUT2D eigenvalue weighted by Crippen LogP contribution is -2.32. The Balaban J connectivity index is 2.87. The largest absolute Gasteiger partial charge is 0.352 e. The van der Waals surface area contributed by atoms with Crippen LogP contribution in [0.1, 0.15) is 31.1 Å². The van der Waals surface area contributed by atoms with Gasteiger partial charge in [0.15, 0.2) is 0 Å². The number of halogens is 1. The molecular weight excluding hydrogens is 256 g/mol. The van der Waals surface area contributed by atoms with Crippen LogP contribution in [0.3, 0.4) is 0 Å². The molecular formula is C12H15ClN2O3. The highest BCUT2D eigenvalue weighted by molar-refractivity contribution is 6.32. The van der Waals surface area contributed by atoms with E-state index in [0.29, 0.717) is 6.54 Å². The summed E-state index contributed by atoms with van der Waals surface area (Å²) in [5.41, 5.74) is -0.0796. The van der Waals surface area contributed by atoms with Gasteiger partial charge >= 0.3 is 0 Å². The molecule has 98 valence electrons. The zero-order valence-electron chi connectivity index (χ0n) is 10.5. The van der Waals surface area contributed by atoms with Crippen molar-refractivity contribution in [3.05, 3.63) is 38.9 Å². The van der Waals surface area contributed by atoms with E-state index in [-0.39, 0.29) is 27.6 Å². The Morgan fingerprint density at radius 3 is 2.56 bits per heavy atom. The van der Waals surface area contributed by atoms with Gasteiger partial charge in [-0.2, -0.15) is 0 Å². The summed E-state index contributed by atoms with van der Waals surface area (Å²) in [6.45, 7) is 6.44. The normalized spacial score (nSPS) is 11.1. The molecule has 5 nitrogen and oxygen atoms in total. The summed E-state index contributed by atoms with van der Waals surface area (Å²) in [6, 6.07) is 4.00. The van der Waals surface area contributed by atoms with Crippen molar-refractivity contribution >= 4 is 23.2 Å². The van der Waals surface area contributed by atoms with Crippen LogP contribution >= 0.6 is 11.6 Å². The van der Waals surface area contributed by atoms with Crippen molar-refractivity contribution in [3.8, 4) is 0 Å². The standard InChI is InChI=1S/C12H15ClN2O3/c1-12(2,3)7-14-11(16)8-4-5-9(13)10(6-8)15(17)18/h4-6H,7H2,1-3H3,(H,14,16). The third-order valence-electron chi connectivity index (χ3n) is 2.18. The van der Waals surface area contributed by atoms with Crippen molar-refractivity contribution in [1.82, 2.24) is 5.32 Å². The lowest BCUT2D eigenvalue weighted by molar-refractivity contribution is -0.384. The van der Waals surface area contributed by atoms with Gasteiger partial charge in [0.1, 0.15) is 5.02 Å². The molecule has 1 aromatic carbocycles. The lowest BCUT2D eigenvalue weighted by Gasteiger charge is -2.18. The maximum atomic E-state index is 11.8. The van der Waals surface area contributed by atoms with Crippen LogP contribution in [0.15, 0.2) is 18.2 Å². The fourth-order valence-corrected chi connectivity index (χ4v) is 1.43. The predicted molar refractivity (Wildman–Crippen MR) is 69.9 cm³/mol. The van der Waals surface area contributed by atoms with Gasteiger partial charge in [-0.25, -0.2) is 0 Å². The number of nitrogens with one attached hydrogen (secondary N) is 1. The molecule has 0 heterocycles. The van der Waals surface area contributed by atoms with Crippen LogP contribution in [0.4, 0.5) is 5.69 Å². The van der Waals surface area contributed by atoms with Crippen LogP contribution in [0.5, 0.6) is 0 Å². The molecule has 0 bridgehead atoms. The van der Waals surface area contributed by atoms with Crippen LogP contribution < -0.4 is 5.32 Å². The third-order valence-corrected chi connectivity index (χ3v) is 2.50. The molecule has 18 heavy (non-hydrogen) atoms. The van der Waals surface area contributed by atoms with E-state index in [4.69, 9.17) is 11.6 Å². The maximum Gasteiger partial charge on any atom is 0.288 e. The molecule has 0 spiro atoms. The fourth-order valence-electron chi connectivity index (χ4n) is 1.24. The Morgan fingerprint density at radius 1 is 1.44 bits per heavy atom. The van der Waals surface area contributed by atoms with Gasteiger partial charge in [0.05, 0.1) is 4.92 Å². The second kappa shape index (κ2) is 5.35. The first kappa shape index (κ1) is 14.4. The number of nitro groups is 1. The Labute approximate surface area is 110 Å². The Bertz CT molecular complexity index is 481. The van der Waals surface area contributed by atoms with E-state index in [1.165, 1.54) is 18.2 Å². The Kier molecular flexibility index (Phi) is 4.29. The molecule has 0 aliphatic rings. The number of hydrogen-bond donors (Lipinski definition) is 1. The van der Waals surface area contributed by atoms with Gasteiger partial charge in [-0.3, -0.25) is 14.9 Å².